The Hall–Kier alpha value is -1.94. The van der Waals surface area contributed by atoms with Crippen molar-refractivity contribution in [2.24, 2.45) is 0 Å². The number of anilines is 1. The third kappa shape index (κ3) is 4.31. The second-order valence-corrected chi connectivity index (χ2v) is 3.80. The molecule has 1 N–H and O–H groups in total. The molecule has 0 bridgehead atoms. The minimum Gasteiger partial charge on any atom is -0.374 e. The highest BCUT2D eigenvalue weighted by atomic mass is 35.5. The van der Waals surface area contributed by atoms with Gasteiger partial charge in [-0.3, -0.25) is 0 Å². The molecule has 20 heavy (non-hydrogen) atoms. The molecule has 0 aliphatic rings. The molecule has 11 heteroatoms. The summed E-state index contributed by atoms with van der Waals surface area (Å²) in [6.07, 6.45) is 0.241. The Morgan fingerprint density at radius 3 is 2.90 bits per heavy atom. The summed E-state index contributed by atoms with van der Waals surface area (Å²) in [6, 6.07) is 0. The van der Waals surface area contributed by atoms with Gasteiger partial charge >= 0.3 is 0 Å². The van der Waals surface area contributed by atoms with E-state index < -0.39 is 13.0 Å². The van der Waals surface area contributed by atoms with Crippen molar-refractivity contribution >= 4 is 17.5 Å². The molecule has 0 aliphatic heterocycles. The van der Waals surface area contributed by atoms with E-state index in [0.717, 1.165) is 0 Å². The van der Waals surface area contributed by atoms with Gasteiger partial charge in [0.05, 0.1) is 6.61 Å². The SMILES string of the molecule is FC(F)COCCNc1nc(Cl)nc(-n2cncn2)n1. The monoisotopic (exact) mass is 305 g/mol. The van der Waals surface area contributed by atoms with Crippen LogP contribution in [0.2, 0.25) is 5.28 Å². The Balaban J connectivity index is 1.92. The number of halogens is 3. The Kier molecular flexibility index (Phi) is 5.07. The first-order chi connectivity index (χ1) is 9.65. The normalized spacial score (nSPS) is 11.0. The number of hydrogen-bond acceptors (Lipinski definition) is 7. The van der Waals surface area contributed by atoms with E-state index in [1.165, 1.54) is 17.3 Å². The van der Waals surface area contributed by atoms with Crippen LogP contribution in [0.15, 0.2) is 12.7 Å². The number of ether oxygens (including phenoxy) is 1. The molecule has 2 aromatic rings. The molecule has 0 spiro atoms. The van der Waals surface area contributed by atoms with Gasteiger partial charge in [0.1, 0.15) is 19.3 Å². The van der Waals surface area contributed by atoms with Gasteiger partial charge in [0.15, 0.2) is 0 Å². The van der Waals surface area contributed by atoms with Crippen molar-refractivity contribution in [3.63, 3.8) is 0 Å². The zero-order chi connectivity index (χ0) is 14.4. The van der Waals surface area contributed by atoms with E-state index in [9.17, 15) is 8.78 Å². The third-order valence-electron chi connectivity index (χ3n) is 1.99. The van der Waals surface area contributed by atoms with Gasteiger partial charge in [-0.25, -0.2) is 13.8 Å². The molecule has 108 valence electrons. The smallest absolute Gasteiger partial charge is 0.261 e. The number of rotatable bonds is 7. The zero-order valence-corrected chi connectivity index (χ0v) is 10.8. The number of nitrogens with one attached hydrogen (secondary N) is 1. The van der Waals surface area contributed by atoms with E-state index in [2.05, 4.69) is 30.4 Å². The minimum absolute atomic E-state index is 0.0264. The lowest BCUT2D eigenvalue weighted by Crippen LogP contribution is -2.15. The van der Waals surface area contributed by atoms with Crippen molar-refractivity contribution < 1.29 is 13.5 Å². The van der Waals surface area contributed by atoms with E-state index in [0.29, 0.717) is 0 Å². The van der Waals surface area contributed by atoms with Crippen LogP contribution in [0.25, 0.3) is 5.95 Å². The topological polar surface area (TPSA) is 90.6 Å². The molecule has 0 saturated heterocycles. The maximum absolute atomic E-state index is 11.8. The molecule has 0 amide bonds. The highest BCUT2D eigenvalue weighted by Crippen LogP contribution is 2.08. The van der Waals surface area contributed by atoms with Crippen LogP contribution in [0.3, 0.4) is 0 Å². The van der Waals surface area contributed by atoms with Gasteiger partial charge in [-0.05, 0) is 11.6 Å². The molecule has 2 aromatic heterocycles. The van der Waals surface area contributed by atoms with Crippen LogP contribution >= 0.6 is 11.6 Å². The Bertz CT molecular complexity index is 539. The third-order valence-corrected chi connectivity index (χ3v) is 2.16. The van der Waals surface area contributed by atoms with Crippen molar-refractivity contribution in [1.29, 1.82) is 0 Å². The lowest BCUT2D eigenvalue weighted by molar-refractivity contribution is 0.0214. The fraction of sp³-hybridized carbons (Fsp3) is 0.444. The molecule has 8 nitrogen and oxygen atoms in total. The standard InChI is InChI=1S/C9H10ClF2N7O/c10-7-16-8(14-1-2-20-3-6(11)12)18-9(17-7)19-5-13-4-15-19/h4-6H,1-3H2,(H,14,16,17,18). The van der Waals surface area contributed by atoms with Gasteiger partial charge in [0.25, 0.3) is 12.4 Å². The van der Waals surface area contributed by atoms with Crippen LogP contribution in [0.5, 0.6) is 0 Å². The molecule has 0 fully saturated rings. The summed E-state index contributed by atoms with van der Waals surface area (Å²) in [5.74, 6) is 0.384. The Labute approximate surface area is 117 Å². The summed E-state index contributed by atoms with van der Waals surface area (Å²) in [7, 11) is 0. The van der Waals surface area contributed by atoms with E-state index >= 15 is 0 Å². The number of nitrogens with zero attached hydrogens (tertiary/aromatic N) is 6. The van der Waals surface area contributed by atoms with Crippen LogP contribution in [0, 0.1) is 0 Å². The van der Waals surface area contributed by atoms with Crippen LogP contribution in [-0.4, -0.2) is 55.9 Å². The maximum atomic E-state index is 11.8. The van der Waals surface area contributed by atoms with Crippen molar-refractivity contribution in [1.82, 2.24) is 29.7 Å². The minimum atomic E-state index is -2.49. The fourth-order valence-corrected chi connectivity index (χ4v) is 1.40. The summed E-state index contributed by atoms with van der Waals surface area (Å²) < 4.78 is 29.7. The van der Waals surface area contributed by atoms with Gasteiger partial charge in [-0.1, -0.05) is 0 Å². The van der Waals surface area contributed by atoms with E-state index in [1.54, 1.807) is 0 Å². The summed E-state index contributed by atoms with van der Waals surface area (Å²) >= 11 is 5.75. The summed E-state index contributed by atoms with van der Waals surface area (Å²) in [5.41, 5.74) is 0. The average Bonchev–Trinajstić information content (AvgIpc) is 2.91. The predicted molar refractivity (Wildman–Crippen MR) is 65.1 cm³/mol. The average molecular weight is 306 g/mol. The van der Waals surface area contributed by atoms with Gasteiger partial charge in [0, 0.05) is 6.54 Å². The maximum Gasteiger partial charge on any atom is 0.261 e. The van der Waals surface area contributed by atoms with Crippen molar-refractivity contribution in [2.75, 3.05) is 25.1 Å². The molecule has 0 radical (unpaired) electrons. The highest BCUT2D eigenvalue weighted by Gasteiger charge is 2.07. The Morgan fingerprint density at radius 2 is 2.20 bits per heavy atom. The largest absolute Gasteiger partial charge is 0.374 e. The van der Waals surface area contributed by atoms with E-state index in [1.807, 2.05) is 0 Å². The molecule has 0 aliphatic carbocycles. The van der Waals surface area contributed by atoms with Gasteiger partial charge < -0.3 is 10.1 Å². The van der Waals surface area contributed by atoms with Gasteiger partial charge in [-0.2, -0.15) is 24.7 Å². The van der Waals surface area contributed by atoms with Crippen molar-refractivity contribution in [3.8, 4) is 5.95 Å². The van der Waals surface area contributed by atoms with Crippen LogP contribution in [0.1, 0.15) is 0 Å². The van der Waals surface area contributed by atoms with Crippen LogP contribution in [-0.2, 0) is 4.74 Å². The fourth-order valence-electron chi connectivity index (χ4n) is 1.24. The number of aromatic nitrogens is 6. The number of hydrogen-bond donors (Lipinski definition) is 1. The first-order valence-corrected chi connectivity index (χ1v) is 5.89. The zero-order valence-electron chi connectivity index (χ0n) is 10.1. The second-order valence-electron chi connectivity index (χ2n) is 3.46. The molecular weight excluding hydrogens is 296 g/mol. The molecule has 2 rings (SSSR count). The lowest BCUT2D eigenvalue weighted by atomic mass is 10.6. The first-order valence-electron chi connectivity index (χ1n) is 5.51. The first kappa shape index (κ1) is 14.5. The lowest BCUT2D eigenvalue weighted by Gasteiger charge is -2.07. The predicted octanol–water partition coefficient (Wildman–Crippen LogP) is 0.799. The Morgan fingerprint density at radius 1 is 1.35 bits per heavy atom. The molecule has 2 heterocycles. The van der Waals surface area contributed by atoms with Crippen LogP contribution in [0.4, 0.5) is 14.7 Å². The highest BCUT2D eigenvalue weighted by molar-refractivity contribution is 6.28. The van der Waals surface area contributed by atoms with Crippen molar-refractivity contribution in [2.45, 2.75) is 6.43 Å². The second kappa shape index (κ2) is 7.01. The number of alkyl halides is 2. The molecule has 0 aromatic carbocycles. The van der Waals surface area contributed by atoms with Gasteiger partial charge in [0.2, 0.25) is 11.2 Å². The summed E-state index contributed by atoms with van der Waals surface area (Å²) in [4.78, 5) is 15.5. The summed E-state index contributed by atoms with van der Waals surface area (Å²) in [5, 5.41) is 6.61. The van der Waals surface area contributed by atoms with E-state index in [-0.39, 0.29) is 30.3 Å². The quantitative estimate of drug-likeness (QED) is 0.756. The molecule has 0 atom stereocenters. The summed E-state index contributed by atoms with van der Waals surface area (Å²) in [6.45, 7) is -0.264. The molecular formula is C9H10ClF2N7O. The molecule has 0 unspecified atom stereocenters. The van der Waals surface area contributed by atoms with Gasteiger partial charge in [-0.15, -0.1) is 0 Å². The van der Waals surface area contributed by atoms with E-state index in [4.69, 9.17) is 16.3 Å². The van der Waals surface area contributed by atoms with Crippen LogP contribution < -0.4 is 5.32 Å². The molecule has 0 saturated carbocycles. The van der Waals surface area contributed by atoms with Crippen molar-refractivity contribution in [3.05, 3.63) is 17.9 Å².